The summed E-state index contributed by atoms with van der Waals surface area (Å²) >= 11 is 2.48. The van der Waals surface area contributed by atoms with E-state index in [1.807, 2.05) is 42.8 Å². The monoisotopic (exact) mass is 413 g/mol. The second kappa shape index (κ2) is 8.46. The number of aryl methyl sites for hydroxylation is 1. The summed E-state index contributed by atoms with van der Waals surface area (Å²) < 4.78 is 7.00. The lowest BCUT2D eigenvalue weighted by Crippen LogP contribution is -2.05. The molecule has 0 atom stereocenters. The predicted octanol–water partition coefficient (Wildman–Crippen LogP) is 3.77. The fourth-order valence-electron chi connectivity index (χ4n) is 2.74. The Bertz CT molecular complexity index is 1060. The van der Waals surface area contributed by atoms with E-state index in [4.69, 9.17) is 10.5 Å². The van der Waals surface area contributed by atoms with Crippen molar-refractivity contribution in [3.8, 4) is 17.5 Å². The lowest BCUT2D eigenvalue weighted by molar-refractivity contribution is 0.0531. The maximum atomic E-state index is 12.2. The molecule has 0 saturated carbocycles. The van der Waals surface area contributed by atoms with Gasteiger partial charge in [0.15, 0.2) is 11.0 Å². The van der Waals surface area contributed by atoms with Crippen molar-refractivity contribution in [3.05, 3.63) is 45.8 Å². The van der Waals surface area contributed by atoms with E-state index >= 15 is 0 Å². The van der Waals surface area contributed by atoms with E-state index in [2.05, 4.69) is 16.3 Å². The zero-order chi connectivity index (χ0) is 20.3. The average molecular weight is 414 g/mol. The van der Waals surface area contributed by atoms with Gasteiger partial charge in [0.05, 0.1) is 12.2 Å². The first-order valence-electron chi connectivity index (χ1n) is 8.54. The van der Waals surface area contributed by atoms with Gasteiger partial charge in [-0.25, -0.2) is 4.79 Å². The average Bonchev–Trinajstić information content (AvgIpc) is 3.20. The third-order valence-electron chi connectivity index (χ3n) is 4.17. The van der Waals surface area contributed by atoms with E-state index in [-0.39, 0.29) is 6.61 Å². The van der Waals surface area contributed by atoms with Crippen LogP contribution < -0.4 is 5.73 Å². The fourth-order valence-corrected chi connectivity index (χ4v) is 4.70. The van der Waals surface area contributed by atoms with E-state index in [0.717, 1.165) is 28.3 Å². The van der Waals surface area contributed by atoms with Gasteiger partial charge in [-0.05, 0) is 19.4 Å². The van der Waals surface area contributed by atoms with Crippen molar-refractivity contribution in [1.29, 1.82) is 5.26 Å². The molecule has 2 N–H and O–H groups in total. The van der Waals surface area contributed by atoms with Gasteiger partial charge in [-0.2, -0.15) is 5.26 Å². The maximum Gasteiger partial charge on any atom is 0.348 e. The van der Waals surface area contributed by atoms with E-state index in [9.17, 15) is 10.1 Å². The van der Waals surface area contributed by atoms with Gasteiger partial charge >= 0.3 is 5.97 Å². The first-order chi connectivity index (χ1) is 13.5. The number of hydrogen-bond donors (Lipinski definition) is 1. The number of hydrogen-bond acceptors (Lipinski definition) is 8. The van der Waals surface area contributed by atoms with E-state index in [1.54, 1.807) is 6.92 Å². The Morgan fingerprint density at radius 3 is 2.82 bits per heavy atom. The first-order valence-corrected chi connectivity index (χ1v) is 10.3. The van der Waals surface area contributed by atoms with Gasteiger partial charge in [0.1, 0.15) is 15.9 Å². The Balaban J connectivity index is 1.89. The summed E-state index contributed by atoms with van der Waals surface area (Å²) in [6.07, 6.45) is 0. The van der Waals surface area contributed by atoms with Crippen LogP contribution in [-0.4, -0.2) is 27.3 Å². The molecule has 0 aliphatic carbocycles. The minimum atomic E-state index is -0.463. The highest BCUT2D eigenvalue weighted by atomic mass is 32.2. The number of rotatable bonds is 6. The Morgan fingerprint density at radius 1 is 1.39 bits per heavy atom. The number of benzene rings is 1. The number of thiophene rings is 1. The van der Waals surface area contributed by atoms with Crippen molar-refractivity contribution in [2.45, 2.75) is 24.8 Å². The van der Waals surface area contributed by atoms with Gasteiger partial charge in [-0.3, -0.25) is 0 Å². The molecular formula is C19H19N5O2S2. The fraction of sp³-hybridized carbons (Fsp3) is 0.263. The number of esters is 1. The van der Waals surface area contributed by atoms with Crippen LogP contribution >= 0.6 is 23.1 Å². The van der Waals surface area contributed by atoms with Crippen molar-refractivity contribution in [2.75, 3.05) is 12.3 Å². The molecule has 3 aromatic rings. The summed E-state index contributed by atoms with van der Waals surface area (Å²) in [5.74, 6) is 0.663. The molecule has 0 unspecified atom stereocenters. The van der Waals surface area contributed by atoms with Crippen LogP contribution in [0, 0.1) is 18.3 Å². The number of nitrogens with two attached hydrogens (primary N) is 1. The number of nitriles is 1. The summed E-state index contributed by atoms with van der Waals surface area (Å²) in [4.78, 5) is 12.6. The molecule has 0 bridgehead atoms. The zero-order valence-corrected chi connectivity index (χ0v) is 17.4. The van der Waals surface area contributed by atoms with Crippen molar-refractivity contribution < 1.29 is 9.53 Å². The van der Waals surface area contributed by atoms with E-state index in [0.29, 0.717) is 31.9 Å². The molecule has 3 rings (SSSR count). The van der Waals surface area contributed by atoms with Gasteiger partial charge in [-0.1, -0.05) is 36.0 Å². The highest BCUT2D eigenvalue weighted by Crippen LogP contribution is 2.36. The Hall–Kier alpha value is -2.83. The molecule has 144 valence electrons. The SMILES string of the molecule is CCOC(=O)c1sc(N)c(C#N)c1CSc1nnc(-c2ccccc2C)n1C. The molecule has 0 radical (unpaired) electrons. The predicted molar refractivity (Wildman–Crippen MR) is 110 cm³/mol. The van der Waals surface area contributed by atoms with Gasteiger partial charge in [0, 0.05) is 23.9 Å². The summed E-state index contributed by atoms with van der Waals surface area (Å²) in [5.41, 5.74) is 8.94. The number of aromatic nitrogens is 3. The molecule has 0 aliphatic rings. The number of anilines is 1. The zero-order valence-electron chi connectivity index (χ0n) is 15.7. The Morgan fingerprint density at radius 2 is 2.14 bits per heavy atom. The molecule has 2 heterocycles. The highest BCUT2D eigenvalue weighted by molar-refractivity contribution is 7.98. The van der Waals surface area contributed by atoms with Crippen LogP contribution in [-0.2, 0) is 17.5 Å². The maximum absolute atomic E-state index is 12.2. The van der Waals surface area contributed by atoms with Crippen LogP contribution in [0.4, 0.5) is 5.00 Å². The molecule has 28 heavy (non-hydrogen) atoms. The molecule has 0 saturated heterocycles. The minimum Gasteiger partial charge on any atom is -0.462 e. The number of carbonyl (C=O) groups excluding carboxylic acids is 1. The molecule has 9 heteroatoms. The Kier molecular flexibility index (Phi) is 6.02. The number of nitrogen functional groups attached to an aromatic ring is 1. The second-order valence-corrected chi connectivity index (χ2v) is 7.94. The van der Waals surface area contributed by atoms with Gasteiger partial charge in [-0.15, -0.1) is 21.5 Å². The summed E-state index contributed by atoms with van der Waals surface area (Å²) in [7, 11) is 1.89. The lowest BCUT2D eigenvalue weighted by atomic mass is 10.1. The normalized spacial score (nSPS) is 10.6. The van der Waals surface area contributed by atoms with Crippen LogP contribution in [0.5, 0.6) is 0 Å². The van der Waals surface area contributed by atoms with Crippen LogP contribution in [0.2, 0.25) is 0 Å². The molecule has 2 aromatic heterocycles. The van der Waals surface area contributed by atoms with Gasteiger partial charge in [0.2, 0.25) is 0 Å². The minimum absolute atomic E-state index is 0.258. The molecule has 7 nitrogen and oxygen atoms in total. The Labute approximate surface area is 171 Å². The molecule has 0 aliphatic heterocycles. The molecule has 0 spiro atoms. The highest BCUT2D eigenvalue weighted by Gasteiger charge is 2.23. The third-order valence-corrected chi connectivity index (χ3v) is 6.26. The summed E-state index contributed by atoms with van der Waals surface area (Å²) in [6, 6.07) is 10.1. The molecule has 0 amide bonds. The number of ether oxygens (including phenoxy) is 1. The summed E-state index contributed by atoms with van der Waals surface area (Å²) in [5, 5.41) is 19.0. The summed E-state index contributed by atoms with van der Waals surface area (Å²) in [6.45, 7) is 4.02. The molecule has 0 fully saturated rings. The van der Waals surface area contributed by atoms with Crippen LogP contribution in [0.15, 0.2) is 29.4 Å². The van der Waals surface area contributed by atoms with Crippen molar-refractivity contribution >= 4 is 34.1 Å². The number of thioether (sulfide) groups is 1. The topological polar surface area (TPSA) is 107 Å². The van der Waals surface area contributed by atoms with Gasteiger partial charge < -0.3 is 15.0 Å². The van der Waals surface area contributed by atoms with Crippen molar-refractivity contribution in [3.63, 3.8) is 0 Å². The van der Waals surface area contributed by atoms with Crippen LogP contribution in [0.1, 0.15) is 33.3 Å². The largest absolute Gasteiger partial charge is 0.462 e. The van der Waals surface area contributed by atoms with E-state index < -0.39 is 5.97 Å². The second-order valence-electron chi connectivity index (χ2n) is 5.95. The van der Waals surface area contributed by atoms with Gasteiger partial charge in [0.25, 0.3) is 0 Å². The quantitative estimate of drug-likeness (QED) is 0.484. The molecular weight excluding hydrogens is 394 g/mol. The van der Waals surface area contributed by atoms with E-state index in [1.165, 1.54) is 11.8 Å². The number of nitrogens with zero attached hydrogens (tertiary/aromatic N) is 4. The smallest absolute Gasteiger partial charge is 0.348 e. The lowest BCUT2D eigenvalue weighted by Gasteiger charge is -2.07. The van der Waals surface area contributed by atoms with Crippen molar-refractivity contribution in [1.82, 2.24) is 14.8 Å². The third kappa shape index (κ3) is 3.74. The number of carbonyl (C=O) groups is 1. The van der Waals surface area contributed by atoms with Crippen molar-refractivity contribution in [2.24, 2.45) is 7.05 Å². The molecule has 1 aromatic carbocycles. The van der Waals surface area contributed by atoms with Crippen LogP contribution in [0.3, 0.4) is 0 Å². The standard InChI is InChI=1S/C19H19N5O2S2/c1-4-26-18(25)15-14(13(9-20)16(21)28-15)10-27-19-23-22-17(24(19)3)12-8-6-5-7-11(12)2/h5-8H,4,10,21H2,1-3H3. The first kappa shape index (κ1) is 19.9. The van der Waals surface area contributed by atoms with Crippen LogP contribution in [0.25, 0.3) is 11.4 Å².